The van der Waals surface area contributed by atoms with Crippen LogP contribution in [0.15, 0.2) is 48.5 Å². The second kappa shape index (κ2) is 8.45. The van der Waals surface area contributed by atoms with E-state index in [1.54, 1.807) is 24.3 Å². The number of carbonyl (C=O) groups is 1. The van der Waals surface area contributed by atoms with Gasteiger partial charge in [0.1, 0.15) is 0 Å². The molecule has 0 radical (unpaired) electrons. The van der Waals surface area contributed by atoms with Crippen LogP contribution in [-0.2, 0) is 10.0 Å². The van der Waals surface area contributed by atoms with Gasteiger partial charge < -0.3 is 10.2 Å². The molecular weight excluding hydrogens is 386 g/mol. The summed E-state index contributed by atoms with van der Waals surface area (Å²) in [5, 5.41) is 2.89. The fraction of sp³-hybridized carbons (Fsp3) is 0.409. The number of rotatable bonds is 4. The van der Waals surface area contributed by atoms with Crippen LogP contribution in [-0.4, -0.2) is 39.7 Å². The number of amides is 1. The SMILES string of the molecule is O=C(Nc1cccc(N2CCCCS2(=O)=O)c1)c1ccc(N2CCCCC2)cc1. The molecule has 0 saturated carbocycles. The van der Waals surface area contributed by atoms with Crippen LogP contribution in [0.3, 0.4) is 0 Å². The lowest BCUT2D eigenvalue weighted by Crippen LogP contribution is -2.37. The zero-order chi connectivity index (χ0) is 20.3. The highest BCUT2D eigenvalue weighted by Gasteiger charge is 2.26. The molecule has 4 rings (SSSR count). The first kappa shape index (κ1) is 19.8. The summed E-state index contributed by atoms with van der Waals surface area (Å²) in [4.78, 5) is 15.0. The summed E-state index contributed by atoms with van der Waals surface area (Å²) >= 11 is 0. The molecule has 29 heavy (non-hydrogen) atoms. The molecule has 6 nitrogen and oxygen atoms in total. The molecule has 0 unspecified atom stereocenters. The van der Waals surface area contributed by atoms with E-state index < -0.39 is 10.0 Å². The van der Waals surface area contributed by atoms with Crippen LogP contribution in [0.25, 0.3) is 0 Å². The Morgan fingerprint density at radius 3 is 2.28 bits per heavy atom. The molecule has 0 aromatic heterocycles. The van der Waals surface area contributed by atoms with Crippen molar-refractivity contribution in [2.45, 2.75) is 32.1 Å². The third-order valence-corrected chi connectivity index (χ3v) is 7.46. The maximum Gasteiger partial charge on any atom is 0.255 e. The van der Waals surface area contributed by atoms with E-state index in [9.17, 15) is 13.2 Å². The summed E-state index contributed by atoms with van der Waals surface area (Å²) in [6.07, 6.45) is 5.26. The molecule has 0 atom stereocenters. The van der Waals surface area contributed by atoms with Crippen molar-refractivity contribution in [3.63, 3.8) is 0 Å². The van der Waals surface area contributed by atoms with Gasteiger partial charge in [0.25, 0.3) is 5.91 Å². The maximum atomic E-state index is 12.7. The lowest BCUT2D eigenvalue weighted by atomic mass is 10.1. The largest absolute Gasteiger partial charge is 0.372 e. The normalized spacial score (nSPS) is 19.0. The Labute approximate surface area is 172 Å². The van der Waals surface area contributed by atoms with Crippen LogP contribution >= 0.6 is 0 Å². The molecule has 1 amide bonds. The molecule has 2 aliphatic rings. The molecular formula is C22H27N3O3S. The van der Waals surface area contributed by atoms with E-state index in [-0.39, 0.29) is 11.7 Å². The Hall–Kier alpha value is -2.54. The Morgan fingerprint density at radius 1 is 0.828 bits per heavy atom. The first-order valence-corrected chi connectivity index (χ1v) is 11.9. The van der Waals surface area contributed by atoms with E-state index >= 15 is 0 Å². The van der Waals surface area contributed by atoms with Gasteiger partial charge in [-0.2, -0.15) is 0 Å². The molecule has 2 heterocycles. The zero-order valence-electron chi connectivity index (χ0n) is 16.5. The standard InChI is InChI=1S/C22H27N3O3S/c26-22(18-9-11-20(12-10-18)24-13-2-1-3-14-24)23-19-7-6-8-21(17-19)25-15-4-5-16-29(25,27)28/h6-12,17H,1-5,13-16H2,(H,23,26). The fourth-order valence-electron chi connectivity index (χ4n) is 4.00. The predicted molar refractivity (Wildman–Crippen MR) is 117 cm³/mol. The van der Waals surface area contributed by atoms with E-state index in [0.29, 0.717) is 29.9 Å². The van der Waals surface area contributed by atoms with Gasteiger partial charge in [-0.15, -0.1) is 0 Å². The second-order valence-corrected chi connectivity index (χ2v) is 9.71. The molecule has 7 heteroatoms. The third kappa shape index (κ3) is 4.56. The molecule has 2 aromatic rings. The topological polar surface area (TPSA) is 69.7 Å². The van der Waals surface area contributed by atoms with Crippen LogP contribution in [0.1, 0.15) is 42.5 Å². The van der Waals surface area contributed by atoms with Crippen molar-refractivity contribution in [3.05, 3.63) is 54.1 Å². The van der Waals surface area contributed by atoms with Gasteiger partial charge in [-0.1, -0.05) is 6.07 Å². The number of carbonyl (C=O) groups excluding carboxylic acids is 1. The summed E-state index contributed by atoms with van der Waals surface area (Å²) in [7, 11) is -3.27. The lowest BCUT2D eigenvalue weighted by molar-refractivity contribution is 0.102. The molecule has 0 spiro atoms. The highest BCUT2D eigenvalue weighted by Crippen LogP contribution is 2.26. The Bertz CT molecular complexity index is 967. The minimum absolute atomic E-state index is 0.174. The van der Waals surface area contributed by atoms with Crippen molar-refractivity contribution in [2.24, 2.45) is 0 Å². The van der Waals surface area contributed by atoms with E-state index in [0.717, 1.165) is 25.2 Å². The highest BCUT2D eigenvalue weighted by atomic mass is 32.2. The fourth-order valence-corrected chi connectivity index (χ4v) is 5.63. The molecule has 0 bridgehead atoms. The van der Waals surface area contributed by atoms with Gasteiger partial charge >= 0.3 is 0 Å². The molecule has 2 aromatic carbocycles. The minimum atomic E-state index is -3.27. The highest BCUT2D eigenvalue weighted by molar-refractivity contribution is 7.92. The number of sulfonamides is 1. The van der Waals surface area contributed by atoms with E-state index in [1.165, 1.54) is 23.6 Å². The minimum Gasteiger partial charge on any atom is -0.372 e. The maximum absolute atomic E-state index is 12.7. The van der Waals surface area contributed by atoms with Gasteiger partial charge in [0.05, 0.1) is 11.4 Å². The molecule has 2 aliphatic heterocycles. The van der Waals surface area contributed by atoms with Crippen molar-refractivity contribution in [1.82, 2.24) is 0 Å². The summed E-state index contributed by atoms with van der Waals surface area (Å²) < 4.78 is 26.1. The Balaban J connectivity index is 1.46. The van der Waals surface area contributed by atoms with E-state index in [4.69, 9.17) is 0 Å². The van der Waals surface area contributed by atoms with Gasteiger partial charge in [-0.25, -0.2) is 8.42 Å². The second-order valence-electron chi connectivity index (χ2n) is 7.69. The summed E-state index contributed by atoms with van der Waals surface area (Å²) in [5.41, 5.74) is 2.93. The number of piperidine rings is 1. The molecule has 1 N–H and O–H groups in total. The number of anilines is 3. The smallest absolute Gasteiger partial charge is 0.255 e. The van der Waals surface area contributed by atoms with Gasteiger partial charge in [0, 0.05) is 36.6 Å². The monoisotopic (exact) mass is 413 g/mol. The van der Waals surface area contributed by atoms with Crippen molar-refractivity contribution in [3.8, 4) is 0 Å². The third-order valence-electron chi connectivity index (χ3n) is 5.59. The van der Waals surface area contributed by atoms with Crippen LogP contribution < -0.4 is 14.5 Å². The molecule has 2 fully saturated rings. The van der Waals surface area contributed by atoms with Crippen molar-refractivity contribution >= 4 is 33.0 Å². The lowest BCUT2D eigenvalue weighted by Gasteiger charge is -2.29. The van der Waals surface area contributed by atoms with Crippen LogP contribution in [0.5, 0.6) is 0 Å². The first-order valence-electron chi connectivity index (χ1n) is 10.3. The zero-order valence-corrected chi connectivity index (χ0v) is 17.3. The average Bonchev–Trinajstić information content (AvgIpc) is 2.74. The van der Waals surface area contributed by atoms with Crippen molar-refractivity contribution in [2.75, 3.05) is 39.9 Å². The van der Waals surface area contributed by atoms with Gasteiger partial charge in [-0.3, -0.25) is 9.10 Å². The number of nitrogens with one attached hydrogen (secondary N) is 1. The van der Waals surface area contributed by atoms with Crippen molar-refractivity contribution < 1.29 is 13.2 Å². The predicted octanol–water partition coefficient (Wildman–Crippen LogP) is 3.86. The van der Waals surface area contributed by atoms with E-state index in [2.05, 4.69) is 10.2 Å². The Kier molecular flexibility index (Phi) is 5.76. The van der Waals surface area contributed by atoms with Gasteiger partial charge in [0.2, 0.25) is 10.0 Å². The molecule has 0 aliphatic carbocycles. The van der Waals surface area contributed by atoms with Crippen LogP contribution in [0, 0.1) is 0 Å². The van der Waals surface area contributed by atoms with Crippen molar-refractivity contribution in [1.29, 1.82) is 0 Å². The van der Waals surface area contributed by atoms with Crippen LogP contribution in [0.4, 0.5) is 17.1 Å². The summed E-state index contributed by atoms with van der Waals surface area (Å²) in [5.74, 6) is -0.0266. The Morgan fingerprint density at radius 2 is 1.55 bits per heavy atom. The number of nitrogens with zero attached hydrogens (tertiary/aromatic N) is 2. The molecule has 154 valence electrons. The number of benzene rings is 2. The van der Waals surface area contributed by atoms with Crippen LogP contribution in [0.2, 0.25) is 0 Å². The number of hydrogen-bond acceptors (Lipinski definition) is 4. The van der Waals surface area contributed by atoms with E-state index in [1.807, 2.05) is 24.3 Å². The summed E-state index contributed by atoms with van der Waals surface area (Å²) in [6.45, 7) is 2.62. The van der Waals surface area contributed by atoms with Gasteiger partial charge in [0.15, 0.2) is 0 Å². The first-order chi connectivity index (χ1) is 14.0. The molecule has 2 saturated heterocycles. The summed E-state index contributed by atoms with van der Waals surface area (Å²) in [6, 6.07) is 14.7. The van der Waals surface area contributed by atoms with Gasteiger partial charge in [-0.05, 0) is 74.6 Å². The average molecular weight is 414 g/mol. The quantitative estimate of drug-likeness (QED) is 0.826. The number of hydrogen-bond donors (Lipinski definition) is 1.